The van der Waals surface area contributed by atoms with Crippen molar-refractivity contribution in [2.24, 2.45) is 0 Å². The molecule has 32 heavy (non-hydrogen) atoms. The van der Waals surface area contributed by atoms with Crippen LogP contribution < -0.4 is 4.90 Å². The zero-order valence-corrected chi connectivity index (χ0v) is 18.5. The molecule has 0 bridgehead atoms. The second kappa shape index (κ2) is 8.32. The first-order valence-electron chi connectivity index (χ1n) is 10.3. The summed E-state index contributed by atoms with van der Waals surface area (Å²) in [5, 5.41) is 0. The van der Waals surface area contributed by atoms with Crippen molar-refractivity contribution in [3.8, 4) is 0 Å². The molecule has 4 rings (SSSR count). The summed E-state index contributed by atoms with van der Waals surface area (Å²) in [4.78, 5) is 9.64. The standard InChI is InChI=1S/C22H23F3N4O2S/c1-15(2)16-7-9-17(10-8-16)32(30,31)29-13-11-28(12-14-29)21-20(22(23,24)25)26-18-5-3-4-6-19(18)27-21/h3-10,15H,11-14H2,1-2H3. The van der Waals surface area contributed by atoms with E-state index in [0.29, 0.717) is 5.52 Å². The Balaban J connectivity index is 1.58. The molecule has 1 aromatic heterocycles. The molecule has 0 radical (unpaired) electrons. The minimum Gasteiger partial charge on any atom is -0.352 e. The van der Waals surface area contributed by atoms with Gasteiger partial charge < -0.3 is 4.90 Å². The van der Waals surface area contributed by atoms with Gasteiger partial charge in [0, 0.05) is 26.2 Å². The van der Waals surface area contributed by atoms with Crippen molar-refractivity contribution in [3.05, 3.63) is 59.8 Å². The maximum Gasteiger partial charge on any atom is 0.437 e. The van der Waals surface area contributed by atoms with Gasteiger partial charge >= 0.3 is 6.18 Å². The van der Waals surface area contributed by atoms with Gasteiger partial charge in [-0.1, -0.05) is 38.1 Å². The molecule has 10 heteroatoms. The van der Waals surface area contributed by atoms with E-state index in [1.54, 1.807) is 42.5 Å². The van der Waals surface area contributed by atoms with Gasteiger partial charge in [-0.3, -0.25) is 0 Å². The number of aromatic nitrogens is 2. The van der Waals surface area contributed by atoms with Gasteiger partial charge in [0.1, 0.15) is 0 Å². The Morgan fingerprint density at radius 2 is 1.44 bits per heavy atom. The van der Waals surface area contributed by atoms with Crippen LogP contribution in [0.3, 0.4) is 0 Å². The lowest BCUT2D eigenvalue weighted by atomic mass is 10.0. The lowest BCUT2D eigenvalue weighted by molar-refractivity contribution is -0.140. The number of alkyl halides is 3. The van der Waals surface area contributed by atoms with E-state index in [9.17, 15) is 21.6 Å². The molecule has 1 aliphatic rings. The number of hydrogen-bond acceptors (Lipinski definition) is 5. The summed E-state index contributed by atoms with van der Waals surface area (Å²) in [6.07, 6.45) is -4.67. The molecule has 0 amide bonds. The van der Waals surface area contributed by atoms with Crippen LogP contribution in [0.2, 0.25) is 0 Å². The Bertz CT molecular complexity index is 1220. The largest absolute Gasteiger partial charge is 0.437 e. The van der Waals surface area contributed by atoms with Crippen molar-refractivity contribution in [2.75, 3.05) is 31.1 Å². The van der Waals surface area contributed by atoms with Gasteiger partial charge in [0.15, 0.2) is 11.5 Å². The number of piperazine rings is 1. The highest BCUT2D eigenvalue weighted by atomic mass is 32.2. The van der Waals surface area contributed by atoms with Crippen molar-refractivity contribution < 1.29 is 21.6 Å². The normalized spacial score (nSPS) is 16.1. The van der Waals surface area contributed by atoms with Crippen LogP contribution >= 0.6 is 0 Å². The monoisotopic (exact) mass is 464 g/mol. The minimum absolute atomic E-state index is 0.0556. The predicted octanol–water partition coefficient (Wildman–Crippen LogP) is 4.28. The fourth-order valence-corrected chi connectivity index (χ4v) is 5.14. The van der Waals surface area contributed by atoms with E-state index in [1.807, 2.05) is 13.8 Å². The maximum absolute atomic E-state index is 13.7. The van der Waals surface area contributed by atoms with Crippen LogP contribution in [0.4, 0.5) is 19.0 Å². The Labute approximate surface area is 184 Å². The van der Waals surface area contributed by atoms with Crippen LogP contribution in [-0.2, 0) is 16.2 Å². The first-order valence-corrected chi connectivity index (χ1v) is 11.7. The molecule has 0 saturated carbocycles. The summed E-state index contributed by atoms with van der Waals surface area (Å²) in [7, 11) is -3.73. The molecule has 0 unspecified atom stereocenters. The number of nitrogens with zero attached hydrogens (tertiary/aromatic N) is 4. The van der Waals surface area contributed by atoms with Crippen LogP contribution in [-0.4, -0.2) is 48.9 Å². The van der Waals surface area contributed by atoms with Gasteiger partial charge in [-0.2, -0.15) is 17.5 Å². The van der Waals surface area contributed by atoms with Crippen LogP contribution in [0.15, 0.2) is 53.4 Å². The average Bonchev–Trinajstić information content (AvgIpc) is 2.77. The summed E-state index contributed by atoms with van der Waals surface area (Å²) < 4.78 is 68.3. The third-order valence-corrected chi connectivity index (χ3v) is 7.46. The van der Waals surface area contributed by atoms with Crippen LogP contribution in [0, 0.1) is 0 Å². The minimum atomic E-state index is -4.67. The smallest absolute Gasteiger partial charge is 0.352 e. The lowest BCUT2D eigenvalue weighted by Gasteiger charge is -2.35. The maximum atomic E-state index is 13.7. The Morgan fingerprint density at radius 1 is 0.875 bits per heavy atom. The fraction of sp³-hybridized carbons (Fsp3) is 0.364. The van der Waals surface area contributed by atoms with Crippen LogP contribution in [0.1, 0.15) is 31.0 Å². The molecule has 0 spiro atoms. The van der Waals surface area contributed by atoms with Gasteiger partial charge in [-0.05, 0) is 35.7 Å². The SMILES string of the molecule is CC(C)c1ccc(S(=O)(=O)N2CCN(c3nc4ccccc4nc3C(F)(F)F)CC2)cc1. The first-order chi connectivity index (χ1) is 15.1. The van der Waals surface area contributed by atoms with Gasteiger partial charge in [0.2, 0.25) is 10.0 Å². The molecular weight excluding hydrogens is 441 g/mol. The molecule has 0 aliphatic carbocycles. The number of benzene rings is 2. The summed E-state index contributed by atoms with van der Waals surface area (Å²) in [6.45, 7) is 4.32. The second-order valence-corrected chi connectivity index (χ2v) is 9.94. The van der Waals surface area contributed by atoms with Crippen molar-refractivity contribution in [2.45, 2.75) is 30.8 Å². The first kappa shape index (κ1) is 22.5. The summed E-state index contributed by atoms with van der Waals surface area (Å²) >= 11 is 0. The summed E-state index contributed by atoms with van der Waals surface area (Å²) in [5.41, 5.74) is 0.491. The van der Waals surface area contributed by atoms with Gasteiger partial charge in [0.05, 0.1) is 15.9 Å². The summed E-state index contributed by atoms with van der Waals surface area (Å²) in [6, 6.07) is 13.1. The summed E-state index contributed by atoms with van der Waals surface area (Å²) in [5.74, 6) is 0.00993. The second-order valence-electron chi connectivity index (χ2n) is 8.00. The quantitative estimate of drug-likeness (QED) is 0.577. The molecule has 2 heterocycles. The third kappa shape index (κ3) is 4.29. The molecule has 1 aliphatic heterocycles. The zero-order chi connectivity index (χ0) is 23.1. The third-order valence-electron chi connectivity index (χ3n) is 5.54. The van der Waals surface area contributed by atoms with Crippen molar-refractivity contribution >= 4 is 26.9 Å². The average molecular weight is 465 g/mol. The highest BCUT2D eigenvalue weighted by Gasteiger charge is 2.39. The molecule has 2 aromatic carbocycles. The van der Waals surface area contributed by atoms with Crippen LogP contribution in [0.5, 0.6) is 0 Å². The van der Waals surface area contributed by atoms with Crippen molar-refractivity contribution in [1.29, 1.82) is 0 Å². The zero-order valence-electron chi connectivity index (χ0n) is 17.7. The fourth-order valence-electron chi connectivity index (χ4n) is 3.72. The lowest BCUT2D eigenvalue weighted by Crippen LogP contribution is -2.49. The molecule has 0 N–H and O–H groups in total. The topological polar surface area (TPSA) is 66.4 Å². The van der Waals surface area contributed by atoms with E-state index >= 15 is 0 Å². The molecule has 170 valence electrons. The van der Waals surface area contributed by atoms with Crippen molar-refractivity contribution in [1.82, 2.24) is 14.3 Å². The highest BCUT2D eigenvalue weighted by molar-refractivity contribution is 7.89. The Morgan fingerprint density at radius 3 is 1.97 bits per heavy atom. The molecule has 1 fully saturated rings. The van der Waals surface area contributed by atoms with E-state index in [-0.39, 0.29) is 48.3 Å². The molecule has 1 saturated heterocycles. The predicted molar refractivity (Wildman–Crippen MR) is 116 cm³/mol. The van der Waals surface area contributed by atoms with Gasteiger partial charge in [0.25, 0.3) is 0 Å². The van der Waals surface area contributed by atoms with Gasteiger partial charge in [-0.25, -0.2) is 18.4 Å². The van der Waals surface area contributed by atoms with Crippen molar-refractivity contribution in [3.63, 3.8) is 0 Å². The number of sulfonamides is 1. The number of rotatable bonds is 4. The highest BCUT2D eigenvalue weighted by Crippen LogP contribution is 2.36. The van der Waals surface area contributed by atoms with Gasteiger partial charge in [-0.15, -0.1) is 0 Å². The Hall–Kier alpha value is -2.72. The van der Waals surface area contributed by atoms with E-state index in [2.05, 4.69) is 9.97 Å². The molecular formula is C22H23F3N4O2S. The number of halogens is 3. The van der Waals surface area contributed by atoms with E-state index < -0.39 is 21.9 Å². The number of para-hydroxylation sites is 2. The molecule has 0 atom stereocenters. The Kier molecular flexibility index (Phi) is 5.85. The number of anilines is 1. The number of hydrogen-bond donors (Lipinski definition) is 0. The molecule has 3 aromatic rings. The molecule has 6 nitrogen and oxygen atoms in total. The van der Waals surface area contributed by atoms with E-state index in [1.165, 1.54) is 15.3 Å². The van der Waals surface area contributed by atoms with E-state index in [0.717, 1.165) is 5.56 Å². The number of fused-ring (bicyclic) bond motifs is 1. The van der Waals surface area contributed by atoms with Crippen LogP contribution in [0.25, 0.3) is 11.0 Å². The van der Waals surface area contributed by atoms with E-state index in [4.69, 9.17) is 0 Å².